The van der Waals surface area contributed by atoms with Crippen molar-refractivity contribution in [3.8, 4) is 0 Å². The summed E-state index contributed by atoms with van der Waals surface area (Å²) < 4.78 is 21.7. The highest BCUT2D eigenvalue weighted by Crippen LogP contribution is 2.34. The standard InChI is InChI=1S/C21H21FN4O/c1-24(2)21-23-17-7-5-14(11-20(17)27-21)26-9-8-18-16(12-26)15-6-4-13(22)10-19(15)25(18)3/h4-7,10-11H,8-9,12H2,1-3H3. The molecular weight excluding hydrogens is 343 g/mol. The fraction of sp³-hybridized carbons (Fsp3) is 0.286. The van der Waals surface area contributed by atoms with E-state index in [1.165, 1.54) is 11.3 Å². The van der Waals surface area contributed by atoms with Crippen molar-refractivity contribution in [2.75, 3.05) is 30.4 Å². The van der Waals surface area contributed by atoms with Crippen LogP contribution in [0, 0.1) is 5.82 Å². The fourth-order valence-electron chi connectivity index (χ4n) is 4.06. The minimum absolute atomic E-state index is 0.190. The SMILES string of the molecule is CN(C)c1nc2ccc(N3CCc4c(c5ccc(F)cc5n4C)C3)cc2o1. The Morgan fingerprint density at radius 1 is 1.15 bits per heavy atom. The highest BCUT2D eigenvalue weighted by Gasteiger charge is 2.23. The molecule has 0 amide bonds. The third kappa shape index (κ3) is 2.47. The van der Waals surface area contributed by atoms with Gasteiger partial charge in [-0.2, -0.15) is 4.98 Å². The van der Waals surface area contributed by atoms with Crippen molar-refractivity contribution < 1.29 is 8.81 Å². The molecule has 0 saturated carbocycles. The van der Waals surface area contributed by atoms with Gasteiger partial charge in [0.25, 0.3) is 6.01 Å². The summed E-state index contributed by atoms with van der Waals surface area (Å²) in [6.45, 7) is 1.72. The molecule has 0 atom stereocenters. The molecule has 138 valence electrons. The van der Waals surface area contributed by atoms with Gasteiger partial charge in [-0.05, 0) is 30.3 Å². The number of anilines is 2. The van der Waals surface area contributed by atoms with Crippen molar-refractivity contribution in [1.82, 2.24) is 9.55 Å². The molecule has 1 aliphatic heterocycles. The van der Waals surface area contributed by atoms with Crippen molar-refractivity contribution in [3.63, 3.8) is 0 Å². The lowest BCUT2D eigenvalue weighted by molar-refractivity contribution is 0.596. The molecule has 0 saturated heterocycles. The van der Waals surface area contributed by atoms with Gasteiger partial charge in [0.05, 0.1) is 5.52 Å². The normalized spacial score (nSPS) is 14.1. The van der Waals surface area contributed by atoms with Gasteiger partial charge in [0.15, 0.2) is 5.58 Å². The summed E-state index contributed by atoms with van der Waals surface area (Å²) >= 11 is 0. The molecule has 0 fully saturated rings. The highest BCUT2D eigenvalue weighted by molar-refractivity contribution is 5.87. The van der Waals surface area contributed by atoms with E-state index in [1.807, 2.05) is 38.2 Å². The average Bonchev–Trinajstić information content (AvgIpc) is 3.21. The predicted octanol–water partition coefficient (Wildman–Crippen LogP) is 4.09. The van der Waals surface area contributed by atoms with E-state index in [9.17, 15) is 4.39 Å². The second-order valence-corrected chi connectivity index (χ2v) is 7.36. The van der Waals surface area contributed by atoms with Gasteiger partial charge in [0.1, 0.15) is 11.3 Å². The number of benzene rings is 2. The molecular formula is C21H21FN4O. The zero-order chi connectivity index (χ0) is 18.7. The van der Waals surface area contributed by atoms with Crippen molar-refractivity contribution in [3.05, 3.63) is 53.5 Å². The van der Waals surface area contributed by atoms with Crippen molar-refractivity contribution in [1.29, 1.82) is 0 Å². The van der Waals surface area contributed by atoms with Crippen molar-refractivity contribution in [2.24, 2.45) is 7.05 Å². The molecule has 0 unspecified atom stereocenters. The molecule has 6 heteroatoms. The molecule has 27 heavy (non-hydrogen) atoms. The molecule has 0 aliphatic carbocycles. The van der Waals surface area contributed by atoms with Crippen molar-refractivity contribution in [2.45, 2.75) is 13.0 Å². The Bertz CT molecular complexity index is 1170. The summed E-state index contributed by atoms with van der Waals surface area (Å²) in [5.74, 6) is -0.190. The summed E-state index contributed by atoms with van der Waals surface area (Å²) in [5, 5.41) is 1.13. The zero-order valence-electron chi connectivity index (χ0n) is 15.7. The van der Waals surface area contributed by atoms with Gasteiger partial charge in [0.2, 0.25) is 0 Å². The molecule has 4 aromatic rings. The number of nitrogens with zero attached hydrogens (tertiary/aromatic N) is 4. The van der Waals surface area contributed by atoms with E-state index in [-0.39, 0.29) is 5.82 Å². The van der Waals surface area contributed by atoms with Gasteiger partial charge in [-0.25, -0.2) is 4.39 Å². The minimum Gasteiger partial charge on any atom is -0.423 e. The Labute approximate surface area is 156 Å². The van der Waals surface area contributed by atoms with E-state index >= 15 is 0 Å². The molecule has 1 aliphatic rings. The molecule has 5 nitrogen and oxygen atoms in total. The fourth-order valence-corrected chi connectivity index (χ4v) is 4.06. The van der Waals surface area contributed by atoms with Crippen LogP contribution in [0.25, 0.3) is 22.0 Å². The van der Waals surface area contributed by atoms with Crippen LogP contribution in [-0.2, 0) is 20.0 Å². The smallest absolute Gasteiger partial charge is 0.297 e. The Hall–Kier alpha value is -3.02. The summed E-state index contributed by atoms with van der Waals surface area (Å²) in [6.07, 6.45) is 0.930. The third-order valence-electron chi connectivity index (χ3n) is 5.48. The molecule has 5 rings (SSSR count). The first-order valence-electron chi connectivity index (χ1n) is 9.10. The number of oxazole rings is 1. The summed E-state index contributed by atoms with van der Waals surface area (Å²) in [6, 6.07) is 11.8. The van der Waals surface area contributed by atoms with E-state index in [2.05, 4.69) is 26.6 Å². The van der Waals surface area contributed by atoms with Crippen LogP contribution in [0.4, 0.5) is 16.1 Å². The van der Waals surface area contributed by atoms with Gasteiger partial charge < -0.3 is 18.8 Å². The maximum atomic E-state index is 13.7. The Morgan fingerprint density at radius 2 is 2.00 bits per heavy atom. The largest absolute Gasteiger partial charge is 0.423 e. The van der Waals surface area contributed by atoms with Crippen LogP contribution in [-0.4, -0.2) is 30.2 Å². The molecule has 0 N–H and O–H groups in total. The Balaban J connectivity index is 1.54. The van der Waals surface area contributed by atoms with Crippen LogP contribution in [0.3, 0.4) is 0 Å². The zero-order valence-corrected chi connectivity index (χ0v) is 15.7. The lowest BCUT2D eigenvalue weighted by atomic mass is 10.0. The van der Waals surface area contributed by atoms with Gasteiger partial charge in [0, 0.05) is 69.1 Å². The second-order valence-electron chi connectivity index (χ2n) is 7.36. The Morgan fingerprint density at radius 3 is 2.81 bits per heavy atom. The molecule has 2 aromatic heterocycles. The van der Waals surface area contributed by atoms with Crippen LogP contribution in [0.2, 0.25) is 0 Å². The monoisotopic (exact) mass is 364 g/mol. The lowest BCUT2D eigenvalue weighted by Gasteiger charge is -2.29. The van der Waals surface area contributed by atoms with Gasteiger partial charge >= 0.3 is 0 Å². The van der Waals surface area contributed by atoms with Gasteiger partial charge in [-0.15, -0.1) is 0 Å². The van der Waals surface area contributed by atoms with Crippen LogP contribution in [0.1, 0.15) is 11.3 Å². The molecule has 0 spiro atoms. The van der Waals surface area contributed by atoms with E-state index in [4.69, 9.17) is 4.42 Å². The Kier molecular flexibility index (Phi) is 3.44. The second kappa shape index (κ2) is 5.74. The first-order valence-corrected chi connectivity index (χ1v) is 9.10. The predicted molar refractivity (Wildman–Crippen MR) is 106 cm³/mol. The van der Waals surface area contributed by atoms with E-state index in [0.29, 0.717) is 6.01 Å². The molecule has 0 radical (unpaired) electrons. The number of fused-ring (bicyclic) bond motifs is 4. The average molecular weight is 364 g/mol. The van der Waals surface area contributed by atoms with Crippen LogP contribution in [0.15, 0.2) is 40.8 Å². The minimum atomic E-state index is -0.190. The van der Waals surface area contributed by atoms with Gasteiger partial charge in [-0.3, -0.25) is 0 Å². The molecule has 0 bridgehead atoms. The lowest BCUT2D eigenvalue weighted by Crippen LogP contribution is -2.30. The molecule has 2 aromatic carbocycles. The maximum absolute atomic E-state index is 13.7. The van der Waals surface area contributed by atoms with Gasteiger partial charge in [-0.1, -0.05) is 0 Å². The molecule has 3 heterocycles. The number of rotatable bonds is 2. The highest BCUT2D eigenvalue weighted by atomic mass is 19.1. The van der Waals surface area contributed by atoms with E-state index in [0.717, 1.165) is 47.2 Å². The number of aryl methyl sites for hydroxylation is 1. The quantitative estimate of drug-likeness (QED) is 0.537. The van der Waals surface area contributed by atoms with Crippen molar-refractivity contribution >= 4 is 33.7 Å². The maximum Gasteiger partial charge on any atom is 0.297 e. The summed E-state index contributed by atoms with van der Waals surface area (Å²) in [4.78, 5) is 8.70. The van der Waals surface area contributed by atoms with E-state index < -0.39 is 0 Å². The number of aromatic nitrogens is 2. The van der Waals surface area contributed by atoms with Crippen LogP contribution < -0.4 is 9.80 Å². The number of hydrogen-bond acceptors (Lipinski definition) is 4. The topological polar surface area (TPSA) is 37.4 Å². The third-order valence-corrected chi connectivity index (χ3v) is 5.48. The summed E-state index contributed by atoms with van der Waals surface area (Å²) in [5.41, 5.74) is 6.31. The first kappa shape index (κ1) is 16.2. The number of hydrogen-bond donors (Lipinski definition) is 0. The number of halogens is 1. The van der Waals surface area contributed by atoms with Crippen LogP contribution in [0.5, 0.6) is 0 Å². The first-order chi connectivity index (χ1) is 13.0. The summed E-state index contributed by atoms with van der Waals surface area (Å²) in [7, 11) is 5.86. The van der Waals surface area contributed by atoms with Crippen LogP contribution >= 0.6 is 0 Å². The van der Waals surface area contributed by atoms with E-state index in [1.54, 1.807) is 12.1 Å².